The molecule has 0 N–H and O–H groups in total. The van der Waals surface area contributed by atoms with Gasteiger partial charge in [-0.2, -0.15) is 0 Å². The monoisotopic (exact) mass is 307 g/mol. The molecule has 0 aliphatic rings. The summed E-state index contributed by atoms with van der Waals surface area (Å²) in [6.45, 7) is 0. The third-order valence-electron chi connectivity index (χ3n) is 1.87. The van der Waals surface area contributed by atoms with Gasteiger partial charge in [0.15, 0.2) is 4.90 Å². The van der Waals surface area contributed by atoms with Crippen LogP contribution in [-0.2, 0) is 4.52 Å². The minimum Gasteiger partial charge on any atom is -0.354 e. The van der Waals surface area contributed by atoms with Crippen LogP contribution in [0.15, 0.2) is 17.0 Å². The highest BCUT2D eigenvalue weighted by Crippen LogP contribution is 2.48. The van der Waals surface area contributed by atoms with E-state index in [4.69, 9.17) is 4.52 Å². The molecule has 12 heteroatoms. The molecule has 1 atom stereocenters. The molecule has 0 heterocycles. The molecule has 102 valence electrons. The summed E-state index contributed by atoms with van der Waals surface area (Å²) >= 11 is 0.750. The van der Waals surface area contributed by atoms with Crippen LogP contribution >= 0.6 is 19.4 Å². The molecule has 0 saturated carbocycles. The zero-order valence-corrected chi connectivity index (χ0v) is 11.1. The lowest BCUT2D eigenvalue weighted by molar-refractivity contribution is -0.407. The van der Waals surface area contributed by atoms with E-state index in [0.29, 0.717) is 12.1 Å². The quantitative estimate of drug-likeness (QED) is 0.444. The molecule has 0 aliphatic heterocycles. The molecule has 0 fully saturated rings. The Morgan fingerprint density at radius 2 is 1.53 bits per heavy atom. The van der Waals surface area contributed by atoms with E-state index in [1.807, 2.05) is 0 Å². The molecule has 0 spiro atoms. The highest BCUT2D eigenvalue weighted by atomic mass is 32.7. The summed E-state index contributed by atoms with van der Waals surface area (Å²) in [5, 5.41) is 32.3. The molecule has 0 bridgehead atoms. The molecule has 0 aromatic heterocycles. The van der Waals surface area contributed by atoms with E-state index in [9.17, 15) is 30.3 Å². The summed E-state index contributed by atoms with van der Waals surface area (Å²) in [6, 6.07) is 1.38. The Bertz CT molecular complexity index is 516. The van der Waals surface area contributed by atoms with E-state index in [1.165, 1.54) is 7.11 Å². The van der Waals surface area contributed by atoms with Gasteiger partial charge in [-0.05, 0) is 0 Å². The van der Waals surface area contributed by atoms with Crippen LogP contribution in [0.5, 0.6) is 0 Å². The van der Waals surface area contributed by atoms with Gasteiger partial charge in [0.1, 0.15) is 0 Å². The van der Waals surface area contributed by atoms with Gasteiger partial charge >= 0.3 is 0 Å². The Kier molecular flexibility index (Phi) is 5.10. The van der Waals surface area contributed by atoms with Crippen LogP contribution < -0.4 is 0 Å². The van der Waals surface area contributed by atoms with E-state index in [1.54, 1.807) is 0 Å². The number of hydrogen-bond donors (Lipinski definition) is 0. The fourth-order valence-corrected chi connectivity index (χ4v) is 2.92. The molecule has 1 aromatic carbocycles. The van der Waals surface area contributed by atoms with Gasteiger partial charge in [-0.1, -0.05) is 11.4 Å². The van der Waals surface area contributed by atoms with E-state index in [0.717, 1.165) is 11.4 Å². The predicted octanol–water partition coefficient (Wildman–Crippen LogP) is 2.66. The molecular formula is C7H6N3O7PS. The zero-order valence-electron chi connectivity index (χ0n) is 9.26. The minimum atomic E-state index is -0.924. The van der Waals surface area contributed by atoms with Crippen LogP contribution in [0.2, 0.25) is 0 Å². The fourth-order valence-electron chi connectivity index (χ4n) is 1.15. The molecular weight excluding hydrogens is 301 g/mol. The smallest absolute Gasteiger partial charge is 0.297 e. The van der Waals surface area contributed by atoms with E-state index in [-0.39, 0.29) is 12.9 Å². The molecule has 1 unspecified atom stereocenters. The second-order valence-electron chi connectivity index (χ2n) is 2.97. The van der Waals surface area contributed by atoms with Gasteiger partial charge in [-0.3, -0.25) is 30.3 Å². The van der Waals surface area contributed by atoms with Crippen molar-refractivity contribution in [2.24, 2.45) is 0 Å². The average Bonchev–Trinajstić information content (AvgIpc) is 2.34. The van der Waals surface area contributed by atoms with Crippen LogP contribution in [0.1, 0.15) is 0 Å². The Balaban J connectivity index is 3.50. The summed E-state index contributed by atoms with van der Waals surface area (Å²) in [5.41, 5.74) is -2.07. The standard InChI is InChI=1S/C7H6N3O7PS/c1-17-18-19-7-5(9(13)14)2-4(8(11)12)3-6(7)10(15)16/h2-3,18H,1H3. The van der Waals surface area contributed by atoms with E-state index in [2.05, 4.69) is 0 Å². The van der Waals surface area contributed by atoms with Gasteiger partial charge in [0.05, 0.1) is 34.9 Å². The second kappa shape index (κ2) is 6.36. The largest absolute Gasteiger partial charge is 0.354 e. The Labute approximate surface area is 111 Å². The SMILES string of the molecule is COPSc1c([N+](=O)[O-])cc([N+](=O)[O-])cc1[N+](=O)[O-]. The molecule has 1 rings (SSSR count). The fraction of sp³-hybridized carbons (Fsp3) is 0.143. The first kappa shape index (κ1) is 15.2. The number of hydrogen-bond acceptors (Lipinski definition) is 8. The minimum absolute atomic E-state index is 0.263. The van der Waals surface area contributed by atoms with Crippen LogP contribution in [-0.4, -0.2) is 21.9 Å². The second-order valence-corrected chi connectivity index (χ2v) is 5.27. The van der Waals surface area contributed by atoms with Gasteiger partial charge in [0, 0.05) is 7.11 Å². The van der Waals surface area contributed by atoms with Crippen molar-refractivity contribution < 1.29 is 19.3 Å². The first-order valence-electron chi connectivity index (χ1n) is 4.44. The Morgan fingerprint density at radius 3 is 1.84 bits per heavy atom. The van der Waals surface area contributed by atoms with Crippen molar-refractivity contribution in [1.29, 1.82) is 0 Å². The summed E-state index contributed by atoms with van der Waals surface area (Å²) in [5.74, 6) is 0. The summed E-state index contributed by atoms with van der Waals surface area (Å²) in [4.78, 5) is 29.3. The normalized spacial score (nSPS) is 10.8. The van der Waals surface area contributed by atoms with Crippen LogP contribution in [0.25, 0.3) is 0 Å². The number of rotatable bonds is 6. The lowest BCUT2D eigenvalue weighted by Crippen LogP contribution is -1.99. The lowest BCUT2D eigenvalue weighted by atomic mass is 10.2. The van der Waals surface area contributed by atoms with Crippen molar-refractivity contribution in [3.63, 3.8) is 0 Å². The Morgan fingerprint density at radius 1 is 1.05 bits per heavy atom. The number of nitro benzene ring substituents is 3. The molecule has 0 radical (unpaired) electrons. The average molecular weight is 307 g/mol. The summed E-state index contributed by atoms with van der Waals surface area (Å²) in [6.07, 6.45) is 0. The topological polar surface area (TPSA) is 139 Å². The van der Waals surface area contributed by atoms with Gasteiger partial charge in [-0.25, -0.2) is 0 Å². The summed E-state index contributed by atoms with van der Waals surface area (Å²) < 4.78 is 4.70. The number of non-ortho nitro benzene ring substituents is 1. The van der Waals surface area contributed by atoms with Gasteiger partial charge in [-0.15, -0.1) is 0 Å². The van der Waals surface area contributed by atoms with Crippen molar-refractivity contribution in [2.45, 2.75) is 4.90 Å². The zero-order chi connectivity index (χ0) is 14.6. The van der Waals surface area contributed by atoms with Crippen molar-refractivity contribution in [3.05, 3.63) is 42.5 Å². The van der Waals surface area contributed by atoms with Crippen molar-refractivity contribution in [3.8, 4) is 0 Å². The number of nitrogens with zero attached hydrogens (tertiary/aromatic N) is 3. The molecule has 0 aliphatic carbocycles. The first-order valence-corrected chi connectivity index (χ1v) is 6.89. The highest BCUT2D eigenvalue weighted by molar-refractivity contribution is 8.48. The van der Waals surface area contributed by atoms with Crippen molar-refractivity contribution in [2.75, 3.05) is 7.11 Å². The molecule has 0 amide bonds. The van der Waals surface area contributed by atoms with Gasteiger partial charge < -0.3 is 4.52 Å². The Hall–Kier alpha value is -1.84. The van der Waals surface area contributed by atoms with E-state index >= 15 is 0 Å². The van der Waals surface area contributed by atoms with Gasteiger partial charge in [0.2, 0.25) is 0 Å². The number of nitro groups is 3. The molecule has 0 saturated heterocycles. The lowest BCUT2D eigenvalue weighted by Gasteiger charge is -2.03. The molecule has 1 aromatic rings. The number of benzene rings is 1. The highest BCUT2D eigenvalue weighted by Gasteiger charge is 2.30. The van der Waals surface area contributed by atoms with Crippen LogP contribution in [0, 0.1) is 30.3 Å². The van der Waals surface area contributed by atoms with Gasteiger partial charge in [0.25, 0.3) is 17.1 Å². The third-order valence-corrected chi connectivity index (χ3v) is 4.10. The van der Waals surface area contributed by atoms with Crippen molar-refractivity contribution in [1.82, 2.24) is 0 Å². The van der Waals surface area contributed by atoms with Crippen LogP contribution in [0.3, 0.4) is 0 Å². The third kappa shape index (κ3) is 3.56. The maximum absolute atomic E-state index is 10.8. The van der Waals surface area contributed by atoms with Crippen molar-refractivity contribution >= 4 is 36.5 Å². The summed E-state index contributed by atoms with van der Waals surface area (Å²) in [7, 11) is 1.03. The maximum Gasteiger partial charge on any atom is 0.297 e. The maximum atomic E-state index is 10.8. The van der Waals surface area contributed by atoms with E-state index < -0.39 is 31.8 Å². The predicted molar refractivity (Wildman–Crippen MR) is 67.6 cm³/mol. The molecule has 19 heavy (non-hydrogen) atoms. The first-order chi connectivity index (χ1) is 8.88. The molecule has 10 nitrogen and oxygen atoms in total. The van der Waals surface area contributed by atoms with Crippen LogP contribution in [0.4, 0.5) is 17.1 Å².